The number of alkyl halides is 1. The third-order valence-corrected chi connectivity index (χ3v) is 3.26. The zero-order chi connectivity index (χ0) is 12.8. The number of nitriles is 1. The molecule has 0 aliphatic heterocycles. The third-order valence-electron chi connectivity index (χ3n) is 2.22. The van der Waals surface area contributed by atoms with E-state index in [1.165, 1.54) is 0 Å². The molecule has 1 aromatic carbocycles. The number of carbonyl (C=O) groups is 1. The quantitative estimate of drug-likeness (QED) is 0.633. The van der Waals surface area contributed by atoms with E-state index in [4.69, 9.17) is 21.6 Å². The Bertz CT molecular complexity index is 468. The van der Waals surface area contributed by atoms with Gasteiger partial charge < -0.3 is 4.74 Å². The molecule has 90 valence electrons. The summed E-state index contributed by atoms with van der Waals surface area (Å²) in [4.78, 5) is 11.4. The molecular weight excluding hydrogens is 305 g/mol. The number of carbonyl (C=O) groups excluding carboxylic acids is 1. The third kappa shape index (κ3) is 3.45. The maximum Gasteiger partial charge on any atom is 0.310 e. The molecule has 0 aliphatic carbocycles. The highest BCUT2D eigenvalue weighted by molar-refractivity contribution is 9.10. The van der Waals surface area contributed by atoms with Gasteiger partial charge in [-0.3, -0.25) is 4.79 Å². The van der Waals surface area contributed by atoms with Crippen molar-refractivity contribution in [1.82, 2.24) is 0 Å². The fraction of sp³-hybridized carbons (Fsp3) is 0.333. The fourth-order valence-corrected chi connectivity index (χ4v) is 2.14. The average molecular weight is 317 g/mol. The van der Waals surface area contributed by atoms with Crippen LogP contribution >= 0.6 is 27.5 Å². The SMILES string of the molecule is CCOC(=O)Cc1c(Br)ccc(CCl)c1C#N. The van der Waals surface area contributed by atoms with Crippen molar-refractivity contribution in [2.24, 2.45) is 0 Å². The number of halogens is 2. The minimum Gasteiger partial charge on any atom is -0.466 e. The lowest BCUT2D eigenvalue weighted by Crippen LogP contribution is -2.10. The highest BCUT2D eigenvalue weighted by Gasteiger charge is 2.15. The van der Waals surface area contributed by atoms with Gasteiger partial charge in [0, 0.05) is 10.4 Å². The lowest BCUT2D eigenvalue weighted by atomic mass is 10.0. The van der Waals surface area contributed by atoms with Gasteiger partial charge in [0.1, 0.15) is 0 Å². The molecule has 0 N–H and O–H groups in total. The van der Waals surface area contributed by atoms with Crippen LogP contribution in [0.5, 0.6) is 0 Å². The molecule has 0 saturated carbocycles. The van der Waals surface area contributed by atoms with Gasteiger partial charge in [0.15, 0.2) is 0 Å². The molecule has 3 nitrogen and oxygen atoms in total. The lowest BCUT2D eigenvalue weighted by Gasteiger charge is -2.09. The Morgan fingerprint density at radius 1 is 1.59 bits per heavy atom. The van der Waals surface area contributed by atoms with Gasteiger partial charge in [-0.15, -0.1) is 11.6 Å². The molecule has 0 fully saturated rings. The van der Waals surface area contributed by atoms with Crippen molar-refractivity contribution >= 4 is 33.5 Å². The molecule has 0 aliphatic rings. The van der Waals surface area contributed by atoms with Crippen LogP contribution in [0.25, 0.3) is 0 Å². The van der Waals surface area contributed by atoms with Gasteiger partial charge in [-0.25, -0.2) is 0 Å². The van der Waals surface area contributed by atoms with Gasteiger partial charge in [0.25, 0.3) is 0 Å². The van der Waals surface area contributed by atoms with E-state index in [-0.39, 0.29) is 18.3 Å². The summed E-state index contributed by atoms with van der Waals surface area (Å²) in [5, 5.41) is 9.12. The van der Waals surface area contributed by atoms with Crippen LogP contribution in [0, 0.1) is 11.3 Å². The molecule has 0 radical (unpaired) electrons. The predicted octanol–water partition coefficient (Wildman–Crippen LogP) is 3.17. The lowest BCUT2D eigenvalue weighted by molar-refractivity contribution is -0.142. The van der Waals surface area contributed by atoms with Crippen molar-refractivity contribution in [2.75, 3.05) is 6.61 Å². The van der Waals surface area contributed by atoms with Crippen molar-refractivity contribution in [3.05, 3.63) is 33.3 Å². The highest BCUT2D eigenvalue weighted by Crippen LogP contribution is 2.25. The van der Waals surface area contributed by atoms with E-state index < -0.39 is 0 Å². The van der Waals surface area contributed by atoms with Gasteiger partial charge in [-0.1, -0.05) is 22.0 Å². The second-order valence-corrected chi connectivity index (χ2v) is 4.41. The maximum absolute atomic E-state index is 11.4. The Hall–Kier alpha value is -1.05. The summed E-state index contributed by atoms with van der Waals surface area (Å²) in [5.41, 5.74) is 1.79. The predicted molar refractivity (Wildman–Crippen MR) is 68.8 cm³/mol. The summed E-state index contributed by atoms with van der Waals surface area (Å²) in [6.45, 7) is 2.07. The van der Waals surface area contributed by atoms with Crippen LogP contribution in [-0.2, 0) is 21.8 Å². The number of benzene rings is 1. The van der Waals surface area contributed by atoms with E-state index in [0.29, 0.717) is 17.7 Å². The summed E-state index contributed by atoms with van der Waals surface area (Å²) >= 11 is 9.08. The molecule has 5 heteroatoms. The maximum atomic E-state index is 11.4. The first-order chi connectivity index (χ1) is 8.13. The normalized spacial score (nSPS) is 9.76. The minimum absolute atomic E-state index is 0.0715. The molecule has 0 saturated heterocycles. The second-order valence-electron chi connectivity index (χ2n) is 3.29. The monoisotopic (exact) mass is 315 g/mol. The molecule has 0 atom stereocenters. The van der Waals surface area contributed by atoms with Crippen LogP contribution in [0.4, 0.5) is 0 Å². The summed E-state index contributed by atoms with van der Waals surface area (Å²) in [5.74, 6) is -0.108. The topological polar surface area (TPSA) is 50.1 Å². The largest absolute Gasteiger partial charge is 0.466 e. The first-order valence-corrected chi connectivity index (χ1v) is 6.38. The van der Waals surface area contributed by atoms with Crippen molar-refractivity contribution in [3.8, 4) is 6.07 Å². The molecule has 0 unspecified atom stereocenters. The molecular formula is C12H11BrClNO2. The average Bonchev–Trinajstić information content (AvgIpc) is 2.31. The highest BCUT2D eigenvalue weighted by atomic mass is 79.9. The number of nitrogens with zero attached hydrogens (tertiary/aromatic N) is 1. The fourth-order valence-electron chi connectivity index (χ4n) is 1.45. The minimum atomic E-state index is -0.351. The first-order valence-electron chi connectivity index (χ1n) is 5.06. The standard InChI is InChI=1S/C12H11BrClNO2/c1-2-17-12(16)5-9-10(7-15)8(6-14)3-4-11(9)13/h3-4H,2,5-6H2,1H3. The van der Waals surface area contributed by atoms with Gasteiger partial charge in [-0.05, 0) is 24.1 Å². The van der Waals surface area contributed by atoms with Crippen LogP contribution in [0.3, 0.4) is 0 Å². The molecule has 0 bridgehead atoms. The smallest absolute Gasteiger partial charge is 0.310 e. The van der Waals surface area contributed by atoms with Crippen LogP contribution in [0.15, 0.2) is 16.6 Å². The van der Waals surface area contributed by atoms with Gasteiger partial charge in [0.05, 0.1) is 24.7 Å². The van der Waals surface area contributed by atoms with Crippen molar-refractivity contribution < 1.29 is 9.53 Å². The first kappa shape index (κ1) is 14.0. The van der Waals surface area contributed by atoms with Gasteiger partial charge in [-0.2, -0.15) is 5.26 Å². The summed E-state index contributed by atoms with van der Waals surface area (Å²) < 4.78 is 5.59. The van der Waals surface area contributed by atoms with Crippen LogP contribution in [-0.4, -0.2) is 12.6 Å². The Labute approximate surface area is 113 Å². The Morgan fingerprint density at radius 2 is 2.29 bits per heavy atom. The Morgan fingerprint density at radius 3 is 2.82 bits per heavy atom. The Kier molecular flexibility index (Phi) is 5.46. The molecule has 1 aromatic rings. The molecule has 0 spiro atoms. The van der Waals surface area contributed by atoms with Gasteiger partial charge in [0.2, 0.25) is 0 Å². The number of esters is 1. The van der Waals surface area contributed by atoms with E-state index >= 15 is 0 Å². The number of rotatable bonds is 4. The number of ether oxygens (including phenoxy) is 1. The van der Waals surface area contributed by atoms with Crippen molar-refractivity contribution in [2.45, 2.75) is 19.2 Å². The molecule has 1 rings (SSSR count). The van der Waals surface area contributed by atoms with Crippen LogP contribution in [0.2, 0.25) is 0 Å². The summed E-state index contributed by atoms with van der Waals surface area (Å²) in [6, 6.07) is 5.63. The van der Waals surface area contributed by atoms with Crippen molar-refractivity contribution in [3.63, 3.8) is 0 Å². The number of hydrogen-bond donors (Lipinski definition) is 0. The zero-order valence-electron chi connectivity index (χ0n) is 9.30. The zero-order valence-corrected chi connectivity index (χ0v) is 11.6. The van der Waals surface area contributed by atoms with E-state index in [1.807, 2.05) is 0 Å². The summed E-state index contributed by atoms with van der Waals surface area (Å²) in [6.07, 6.45) is 0.0715. The second kappa shape index (κ2) is 6.63. The molecule has 0 heterocycles. The van der Waals surface area contributed by atoms with Gasteiger partial charge >= 0.3 is 5.97 Å². The van der Waals surface area contributed by atoms with E-state index in [9.17, 15) is 4.79 Å². The van der Waals surface area contributed by atoms with Crippen LogP contribution < -0.4 is 0 Å². The van der Waals surface area contributed by atoms with E-state index in [0.717, 1.165) is 10.0 Å². The molecule has 0 amide bonds. The van der Waals surface area contributed by atoms with Crippen LogP contribution in [0.1, 0.15) is 23.6 Å². The molecule has 0 aromatic heterocycles. The Balaban J connectivity index is 3.13. The van der Waals surface area contributed by atoms with Crippen molar-refractivity contribution in [1.29, 1.82) is 5.26 Å². The molecule has 17 heavy (non-hydrogen) atoms. The summed E-state index contributed by atoms with van der Waals surface area (Å²) in [7, 11) is 0. The van der Waals surface area contributed by atoms with E-state index in [1.54, 1.807) is 19.1 Å². The number of hydrogen-bond acceptors (Lipinski definition) is 3. The van der Waals surface area contributed by atoms with E-state index in [2.05, 4.69) is 22.0 Å².